The number of halogens is 1. The van der Waals surface area contributed by atoms with Gasteiger partial charge in [-0.3, -0.25) is 4.79 Å². The van der Waals surface area contributed by atoms with Gasteiger partial charge >= 0.3 is 0 Å². The highest BCUT2D eigenvalue weighted by Gasteiger charge is 2.28. The standard InChI is InChI=1S/C16H14BrNO4/c1-16(20,9-18-15(19)12-6-7-14(17)22-12)13-8-10-4-2-3-5-11(10)21-13/h2-8,20H,9H2,1H3,(H,18,19)/t16-/m0/s1. The van der Waals surface area contributed by atoms with Crippen LogP contribution in [0.3, 0.4) is 0 Å². The van der Waals surface area contributed by atoms with E-state index in [0.29, 0.717) is 16.0 Å². The van der Waals surface area contributed by atoms with Crippen LogP contribution in [0.4, 0.5) is 0 Å². The van der Waals surface area contributed by atoms with E-state index in [4.69, 9.17) is 8.83 Å². The van der Waals surface area contributed by atoms with Crippen molar-refractivity contribution in [3.05, 3.63) is 58.7 Å². The molecule has 0 bridgehead atoms. The molecular formula is C16H14BrNO4. The van der Waals surface area contributed by atoms with E-state index in [2.05, 4.69) is 21.2 Å². The fourth-order valence-corrected chi connectivity index (χ4v) is 2.42. The highest BCUT2D eigenvalue weighted by atomic mass is 79.9. The normalized spacial score (nSPS) is 14.0. The largest absolute Gasteiger partial charge is 0.458 e. The van der Waals surface area contributed by atoms with Crippen LogP contribution in [0.1, 0.15) is 23.2 Å². The molecule has 0 aliphatic carbocycles. The summed E-state index contributed by atoms with van der Waals surface area (Å²) >= 11 is 3.14. The summed E-state index contributed by atoms with van der Waals surface area (Å²) in [5.41, 5.74) is -0.627. The molecule has 5 nitrogen and oxygen atoms in total. The Labute approximate surface area is 135 Å². The topological polar surface area (TPSA) is 75.6 Å². The Bertz CT molecular complexity index is 785. The van der Waals surface area contributed by atoms with Crippen LogP contribution in [0.2, 0.25) is 0 Å². The van der Waals surface area contributed by atoms with Crippen LogP contribution in [0, 0.1) is 0 Å². The van der Waals surface area contributed by atoms with Crippen LogP contribution in [-0.4, -0.2) is 17.6 Å². The van der Waals surface area contributed by atoms with E-state index in [0.717, 1.165) is 5.39 Å². The summed E-state index contributed by atoms with van der Waals surface area (Å²) in [6.45, 7) is 1.59. The molecule has 0 aliphatic rings. The fraction of sp³-hybridized carbons (Fsp3) is 0.188. The first-order valence-electron chi connectivity index (χ1n) is 6.71. The van der Waals surface area contributed by atoms with Crippen molar-refractivity contribution in [3.63, 3.8) is 0 Å². The molecule has 1 atom stereocenters. The molecule has 1 amide bonds. The summed E-state index contributed by atoms with van der Waals surface area (Å²) in [6.07, 6.45) is 0. The maximum absolute atomic E-state index is 11.9. The summed E-state index contributed by atoms with van der Waals surface area (Å²) < 4.78 is 11.3. The van der Waals surface area contributed by atoms with E-state index in [1.807, 2.05) is 24.3 Å². The second-order valence-electron chi connectivity index (χ2n) is 5.21. The van der Waals surface area contributed by atoms with Gasteiger partial charge in [-0.25, -0.2) is 0 Å². The van der Waals surface area contributed by atoms with Gasteiger partial charge in [-0.15, -0.1) is 0 Å². The van der Waals surface area contributed by atoms with Crippen molar-refractivity contribution in [1.82, 2.24) is 5.32 Å². The summed E-state index contributed by atoms with van der Waals surface area (Å²) in [5.74, 6) is 0.170. The molecule has 0 fully saturated rings. The third-order valence-corrected chi connectivity index (χ3v) is 3.77. The van der Waals surface area contributed by atoms with Crippen LogP contribution in [-0.2, 0) is 5.60 Å². The van der Waals surface area contributed by atoms with E-state index in [9.17, 15) is 9.90 Å². The van der Waals surface area contributed by atoms with Crippen molar-refractivity contribution >= 4 is 32.8 Å². The predicted octanol–water partition coefficient (Wildman–Crippen LogP) is 3.43. The number of benzene rings is 1. The number of hydrogen-bond donors (Lipinski definition) is 2. The first-order valence-corrected chi connectivity index (χ1v) is 7.50. The molecule has 114 valence electrons. The Hall–Kier alpha value is -2.05. The Morgan fingerprint density at radius 1 is 1.27 bits per heavy atom. The van der Waals surface area contributed by atoms with Crippen molar-refractivity contribution in [2.75, 3.05) is 6.54 Å². The van der Waals surface area contributed by atoms with Gasteiger partial charge in [-0.2, -0.15) is 0 Å². The highest BCUT2D eigenvalue weighted by molar-refractivity contribution is 9.10. The van der Waals surface area contributed by atoms with Gasteiger partial charge < -0.3 is 19.3 Å². The smallest absolute Gasteiger partial charge is 0.287 e. The van der Waals surface area contributed by atoms with Gasteiger partial charge in [0.15, 0.2) is 10.4 Å². The first kappa shape index (κ1) is 14.9. The lowest BCUT2D eigenvalue weighted by Gasteiger charge is -2.20. The van der Waals surface area contributed by atoms with Gasteiger partial charge in [-0.05, 0) is 47.1 Å². The average Bonchev–Trinajstić information content (AvgIpc) is 3.11. The van der Waals surface area contributed by atoms with Crippen LogP contribution >= 0.6 is 15.9 Å². The van der Waals surface area contributed by atoms with Crippen LogP contribution < -0.4 is 5.32 Å². The van der Waals surface area contributed by atoms with E-state index >= 15 is 0 Å². The molecule has 3 aromatic rings. The van der Waals surface area contributed by atoms with E-state index < -0.39 is 11.5 Å². The number of rotatable bonds is 4. The van der Waals surface area contributed by atoms with Crippen molar-refractivity contribution < 1.29 is 18.7 Å². The third-order valence-electron chi connectivity index (χ3n) is 3.35. The zero-order valence-electron chi connectivity index (χ0n) is 11.8. The first-order chi connectivity index (χ1) is 10.5. The molecule has 6 heteroatoms. The van der Waals surface area contributed by atoms with Gasteiger partial charge in [0.2, 0.25) is 0 Å². The summed E-state index contributed by atoms with van der Waals surface area (Å²) in [6, 6.07) is 12.4. The number of nitrogens with one attached hydrogen (secondary N) is 1. The minimum Gasteiger partial charge on any atom is -0.458 e. The molecule has 0 aliphatic heterocycles. The van der Waals surface area contributed by atoms with Gasteiger partial charge in [0.1, 0.15) is 16.9 Å². The minimum absolute atomic E-state index is 0.00394. The number of amides is 1. The number of para-hydroxylation sites is 1. The Balaban J connectivity index is 1.74. The zero-order chi connectivity index (χ0) is 15.7. The Morgan fingerprint density at radius 3 is 2.73 bits per heavy atom. The van der Waals surface area contributed by atoms with Gasteiger partial charge in [0, 0.05) is 5.39 Å². The molecule has 0 unspecified atom stereocenters. The molecule has 22 heavy (non-hydrogen) atoms. The maximum Gasteiger partial charge on any atom is 0.287 e. The Kier molecular flexibility index (Phi) is 3.80. The second kappa shape index (κ2) is 5.62. The lowest BCUT2D eigenvalue weighted by atomic mass is 10.0. The van der Waals surface area contributed by atoms with Crippen molar-refractivity contribution in [3.8, 4) is 0 Å². The summed E-state index contributed by atoms with van der Waals surface area (Å²) in [7, 11) is 0. The Morgan fingerprint density at radius 2 is 2.05 bits per heavy atom. The summed E-state index contributed by atoms with van der Waals surface area (Å²) in [4.78, 5) is 11.9. The molecule has 2 N–H and O–H groups in total. The number of carbonyl (C=O) groups excluding carboxylic acids is 1. The molecule has 2 heterocycles. The predicted molar refractivity (Wildman–Crippen MR) is 84.5 cm³/mol. The zero-order valence-corrected chi connectivity index (χ0v) is 13.4. The highest BCUT2D eigenvalue weighted by Crippen LogP contribution is 2.27. The number of aliphatic hydroxyl groups is 1. The number of carbonyl (C=O) groups is 1. The van der Waals surface area contributed by atoms with E-state index in [-0.39, 0.29) is 12.3 Å². The number of hydrogen-bond acceptors (Lipinski definition) is 4. The van der Waals surface area contributed by atoms with Crippen molar-refractivity contribution in [2.45, 2.75) is 12.5 Å². The second-order valence-corrected chi connectivity index (χ2v) is 5.99. The molecular weight excluding hydrogens is 350 g/mol. The SMILES string of the molecule is C[C@](O)(CNC(=O)c1ccc(Br)o1)c1cc2ccccc2o1. The average molecular weight is 364 g/mol. The lowest BCUT2D eigenvalue weighted by Crippen LogP contribution is -2.38. The number of fused-ring (bicyclic) bond motifs is 1. The van der Waals surface area contributed by atoms with Crippen molar-refractivity contribution in [2.24, 2.45) is 0 Å². The van der Waals surface area contributed by atoms with E-state index in [1.165, 1.54) is 0 Å². The monoisotopic (exact) mass is 363 g/mol. The molecule has 0 saturated carbocycles. The summed E-state index contributed by atoms with van der Waals surface area (Å²) in [5, 5.41) is 14.1. The molecule has 0 radical (unpaired) electrons. The van der Waals surface area contributed by atoms with Gasteiger partial charge in [0.25, 0.3) is 5.91 Å². The maximum atomic E-state index is 11.9. The van der Waals surface area contributed by atoms with Crippen molar-refractivity contribution in [1.29, 1.82) is 0 Å². The fourth-order valence-electron chi connectivity index (χ4n) is 2.11. The van der Waals surface area contributed by atoms with E-state index in [1.54, 1.807) is 25.1 Å². The minimum atomic E-state index is -1.32. The quantitative estimate of drug-likeness (QED) is 0.744. The van der Waals surface area contributed by atoms with Crippen LogP contribution in [0.25, 0.3) is 11.0 Å². The van der Waals surface area contributed by atoms with Crippen LogP contribution in [0.15, 0.2) is 56.0 Å². The molecule has 0 saturated heterocycles. The molecule has 3 rings (SSSR count). The van der Waals surface area contributed by atoms with Gasteiger partial charge in [0.05, 0.1) is 6.54 Å². The van der Waals surface area contributed by atoms with Crippen LogP contribution in [0.5, 0.6) is 0 Å². The van der Waals surface area contributed by atoms with Gasteiger partial charge in [-0.1, -0.05) is 18.2 Å². The number of furan rings is 2. The molecule has 0 spiro atoms. The third kappa shape index (κ3) is 2.93. The molecule has 1 aromatic carbocycles. The lowest BCUT2D eigenvalue weighted by molar-refractivity contribution is 0.0340. The molecule has 2 aromatic heterocycles.